The summed E-state index contributed by atoms with van der Waals surface area (Å²) in [5.41, 5.74) is -3.47. The molecule has 130 valence electrons. The monoisotopic (exact) mass is 355 g/mol. The van der Waals surface area contributed by atoms with Gasteiger partial charge in [-0.15, -0.1) is 8.78 Å². The van der Waals surface area contributed by atoms with Crippen LogP contribution in [-0.2, 0) is 4.74 Å². The van der Waals surface area contributed by atoms with Gasteiger partial charge in [-0.25, -0.2) is 0 Å². The van der Waals surface area contributed by atoms with Crippen molar-refractivity contribution in [2.24, 2.45) is 0 Å². The highest BCUT2D eigenvalue weighted by molar-refractivity contribution is 6.20. The first kappa shape index (κ1) is 18.1. The average Bonchev–Trinajstić information content (AvgIpc) is 2.48. The standard InChI is InChI=1S/C13H16ClF2NO6/c14-13(15,16)23-7-3-1-6(2-4-7)17-12-11(21)10(20)9(19)8(5-18)22-12/h1-4,8-12,17-21H,5H2/t8-,9-,10-,11+,12-/m0/s1. The van der Waals surface area contributed by atoms with E-state index in [2.05, 4.69) is 21.7 Å². The van der Waals surface area contributed by atoms with Crippen LogP contribution in [0.15, 0.2) is 24.3 Å². The molecule has 1 aromatic carbocycles. The molecule has 1 fully saturated rings. The van der Waals surface area contributed by atoms with Crippen LogP contribution in [0.25, 0.3) is 0 Å². The summed E-state index contributed by atoms with van der Waals surface area (Å²) in [7, 11) is 0. The lowest BCUT2D eigenvalue weighted by Crippen LogP contribution is -2.60. The molecule has 0 saturated carbocycles. The molecule has 0 amide bonds. The van der Waals surface area contributed by atoms with Crippen molar-refractivity contribution in [1.29, 1.82) is 0 Å². The van der Waals surface area contributed by atoms with Crippen molar-refractivity contribution in [3.05, 3.63) is 24.3 Å². The highest BCUT2D eigenvalue weighted by Gasteiger charge is 2.43. The summed E-state index contributed by atoms with van der Waals surface area (Å²) in [5, 5.41) is 41.0. The Kier molecular flexibility index (Phi) is 5.61. The Balaban J connectivity index is 2.03. The molecule has 1 heterocycles. The average molecular weight is 356 g/mol. The first-order chi connectivity index (χ1) is 10.7. The van der Waals surface area contributed by atoms with E-state index in [1.807, 2.05) is 0 Å². The van der Waals surface area contributed by atoms with Crippen molar-refractivity contribution >= 4 is 17.3 Å². The van der Waals surface area contributed by atoms with E-state index in [-0.39, 0.29) is 5.75 Å². The molecule has 0 spiro atoms. The first-order valence-corrected chi connectivity index (χ1v) is 7.02. The first-order valence-electron chi connectivity index (χ1n) is 6.64. The van der Waals surface area contributed by atoms with Crippen LogP contribution in [0, 0.1) is 0 Å². The molecule has 2 rings (SSSR count). The van der Waals surface area contributed by atoms with E-state index >= 15 is 0 Å². The highest BCUT2D eigenvalue weighted by Crippen LogP contribution is 2.27. The number of nitrogens with one attached hydrogen (secondary N) is 1. The Morgan fingerprint density at radius 2 is 1.74 bits per heavy atom. The number of anilines is 1. The van der Waals surface area contributed by atoms with Crippen molar-refractivity contribution in [1.82, 2.24) is 0 Å². The third-order valence-electron chi connectivity index (χ3n) is 3.29. The Morgan fingerprint density at radius 1 is 1.13 bits per heavy atom. The van der Waals surface area contributed by atoms with E-state index in [9.17, 15) is 24.1 Å². The van der Waals surface area contributed by atoms with Gasteiger partial charge < -0.3 is 35.2 Å². The molecule has 10 heteroatoms. The van der Waals surface area contributed by atoms with Gasteiger partial charge in [0.05, 0.1) is 6.61 Å². The zero-order valence-electron chi connectivity index (χ0n) is 11.6. The van der Waals surface area contributed by atoms with Gasteiger partial charge in [0.15, 0.2) is 6.23 Å². The van der Waals surface area contributed by atoms with E-state index in [1.54, 1.807) is 0 Å². The van der Waals surface area contributed by atoms with E-state index in [0.29, 0.717) is 5.69 Å². The molecule has 5 atom stereocenters. The lowest BCUT2D eigenvalue weighted by molar-refractivity contribution is -0.221. The summed E-state index contributed by atoms with van der Waals surface area (Å²) in [5.74, 6) is -0.177. The van der Waals surface area contributed by atoms with Gasteiger partial charge in [0.1, 0.15) is 30.2 Å². The van der Waals surface area contributed by atoms with Crippen LogP contribution in [0.4, 0.5) is 14.5 Å². The second kappa shape index (κ2) is 7.12. The molecule has 0 aromatic heterocycles. The van der Waals surface area contributed by atoms with Gasteiger partial charge in [-0.05, 0) is 24.3 Å². The van der Waals surface area contributed by atoms with Crippen LogP contribution < -0.4 is 10.1 Å². The second-order valence-corrected chi connectivity index (χ2v) is 5.41. The summed E-state index contributed by atoms with van der Waals surface area (Å²) in [6.07, 6.45) is -6.61. The maximum absolute atomic E-state index is 12.5. The fraction of sp³-hybridized carbons (Fsp3) is 0.538. The Labute approximate surface area is 135 Å². The van der Waals surface area contributed by atoms with Gasteiger partial charge in [0.2, 0.25) is 0 Å². The SMILES string of the molecule is OC[C@@H]1O[C@H](Nc2ccc(OC(F)(F)Cl)cc2)[C@H](O)[C@@H](O)[C@H]1O. The molecule has 0 unspecified atom stereocenters. The number of rotatable bonds is 5. The number of halogens is 3. The second-order valence-electron chi connectivity index (χ2n) is 4.97. The minimum atomic E-state index is -3.83. The number of hydrogen-bond donors (Lipinski definition) is 5. The van der Waals surface area contributed by atoms with Crippen LogP contribution in [0.5, 0.6) is 5.75 Å². The summed E-state index contributed by atoms with van der Waals surface area (Å²) in [6.45, 7) is -0.555. The van der Waals surface area contributed by atoms with E-state index < -0.39 is 42.8 Å². The molecule has 1 aliphatic rings. The summed E-state index contributed by atoms with van der Waals surface area (Å²) in [6, 6.07) is 5.14. The minimum Gasteiger partial charge on any atom is -0.420 e. The van der Waals surface area contributed by atoms with Crippen molar-refractivity contribution in [3.8, 4) is 5.75 Å². The van der Waals surface area contributed by atoms with Crippen molar-refractivity contribution in [3.63, 3.8) is 0 Å². The van der Waals surface area contributed by atoms with Crippen molar-refractivity contribution in [2.45, 2.75) is 36.2 Å². The molecule has 23 heavy (non-hydrogen) atoms. The maximum Gasteiger partial charge on any atom is 0.487 e. The number of aliphatic hydroxyl groups excluding tert-OH is 4. The Morgan fingerprint density at radius 3 is 2.26 bits per heavy atom. The molecule has 0 bridgehead atoms. The van der Waals surface area contributed by atoms with Gasteiger partial charge >= 0.3 is 5.57 Å². The van der Waals surface area contributed by atoms with E-state index in [1.165, 1.54) is 24.3 Å². The Bertz CT molecular complexity index is 512. The largest absolute Gasteiger partial charge is 0.487 e. The number of hydrogen-bond acceptors (Lipinski definition) is 7. The van der Waals surface area contributed by atoms with Crippen LogP contribution in [0.1, 0.15) is 0 Å². The molecule has 1 aromatic rings. The summed E-state index contributed by atoms with van der Waals surface area (Å²) < 4.78 is 34.4. The fourth-order valence-corrected chi connectivity index (χ4v) is 2.23. The summed E-state index contributed by atoms with van der Waals surface area (Å²) >= 11 is 4.64. The molecule has 5 N–H and O–H groups in total. The zero-order chi connectivity index (χ0) is 17.2. The van der Waals surface area contributed by atoms with Crippen molar-refractivity contribution < 1.29 is 38.7 Å². The number of ether oxygens (including phenoxy) is 2. The molecule has 7 nitrogen and oxygen atoms in total. The molecule has 1 saturated heterocycles. The maximum atomic E-state index is 12.5. The molecule has 0 aliphatic carbocycles. The molecule has 1 aliphatic heterocycles. The van der Waals surface area contributed by atoms with Gasteiger partial charge in [-0.3, -0.25) is 0 Å². The number of aliphatic hydroxyl groups is 4. The smallest absolute Gasteiger partial charge is 0.420 e. The third-order valence-corrected chi connectivity index (χ3v) is 3.37. The van der Waals surface area contributed by atoms with Crippen LogP contribution in [0.2, 0.25) is 0 Å². The predicted molar refractivity (Wildman–Crippen MR) is 75.3 cm³/mol. The lowest BCUT2D eigenvalue weighted by atomic mass is 9.98. The third kappa shape index (κ3) is 4.63. The van der Waals surface area contributed by atoms with E-state index in [0.717, 1.165) is 0 Å². The minimum absolute atomic E-state index is 0.177. The van der Waals surface area contributed by atoms with Gasteiger partial charge in [0.25, 0.3) is 0 Å². The van der Waals surface area contributed by atoms with Crippen LogP contribution in [0.3, 0.4) is 0 Å². The predicted octanol–water partition coefficient (Wildman–Crippen LogP) is 0.0663. The van der Waals surface area contributed by atoms with Gasteiger partial charge in [-0.2, -0.15) is 0 Å². The fourth-order valence-electron chi connectivity index (χ4n) is 2.14. The summed E-state index contributed by atoms with van der Waals surface area (Å²) in [4.78, 5) is 0. The normalized spacial score (nSPS) is 31.7. The number of benzene rings is 1. The molecule has 0 radical (unpaired) electrons. The molecular formula is C13H16ClF2NO6. The Hall–Kier alpha value is -1.23. The van der Waals surface area contributed by atoms with Crippen LogP contribution in [-0.4, -0.2) is 63.2 Å². The highest BCUT2D eigenvalue weighted by atomic mass is 35.5. The zero-order valence-corrected chi connectivity index (χ0v) is 12.4. The molecular weight excluding hydrogens is 340 g/mol. The quantitative estimate of drug-likeness (QED) is 0.475. The number of alkyl halides is 3. The van der Waals surface area contributed by atoms with Gasteiger partial charge in [0, 0.05) is 17.3 Å². The topological polar surface area (TPSA) is 111 Å². The van der Waals surface area contributed by atoms with Crippen LogP contribution >= 0.6 is 11.6 Å². The van der Waals surface area contributed by atoms with E-state index in [4.69, 9.17) is 9.84 Å². The lowest BCUT2D eigenvalue weighted by Gasteiger charge is -2.40. The van der Waals surface area contributed by atoms with Gasteiger partial charge in [-0.1, -0.05) is 0 Å². The van der Waals surface area contributed by atoms with Crippen molar-refractivity contribution in [2.75, 3.05) is 11.9 Å².